The van der Waals surface area contributed by atoms with Crippen LogP contribution in [0.25, 0.3) is 0 Å². The average Bonchev–Trinajstić information content (AvgIpc) is 2.90. The van der Waals surface area contributed by atoms with Gasteiger partial charge in [0, 0.05) is 26.0 Å². The zero-order valence-corrected chi connectivity index (χ0v) is 15.0. The minimum atomic E-state index is -0.199. The van der Waals surface area contributed by atoms with Gasteiger partial charge >= 0.3 is 0 Å². The Balaban J connectivity index is 1.83. The fourth-order valence-electron chi connectivity index (χ4n) is 2.59. The molecule has 3 rings (SSSR count). The molecule has 1 atom stereocenters. The SMILES string of the molecule is CNC(Cc1ccc(F)cc1Br)c1cc2c(s1)CCSC2. The van der Waals surface area contributed by atoms with Crippen molar-refractivity contribution >= 4 is 39.0 Å². The van der Waals surface area contributed by atoms with E-state index in [1.165, 1.54) is 34.7 Å². The highest BCUT2D eigenvalue weighted by atomic mass is 79.9. The maximum absolute atomic E-state index is 13.2. The maximum atomic E-state index is 13.2. The van der Waals surface area contributed by atoms with Gasteiger partial charge in [-0.1, -0.05) is 22.0 Å². The third-order valence-corrected chi connectivity index (χ3v) is 6.87. The molecule has 1 nitrogen and oxygen atoms in total. The van der Waals surface area contributed by atoms with E-state index >= 15 is 0 Å². The van der Waals surface area contributed by atoms with Crippen molar-refractivity contribution in [2.75, 3.05) is 12.8 Å². The van der Waals surface area contributed by atoms with Gasteiger partial charge in [-0.3, -0.25) is 0 Å². The molecule has 0 aliphatic carbocycles. The summed E-state index contributed by atoms with van der Waals surface area (Å²) in [7, 11) is 2.00. The average molecular weight is 386 g/mol. The molecule has 0 bridgehead atoms. The van der Waals surface area contributed by atoms with Crippen LogP contribution in [0, 0.1) is 5.82 Å². The van der Waals surface area contributed by atoms with E-state index in [-0.39, 0.29) is 11.9 Å². The molecule has 1 aliphatic rings. The van der Waals surface area contributed by atoms with Gasteiger partial charge in [-0.2, -0.15) is 11.8 Å². The molecule has 5 heteroatoms. The molecule has 1 aromatic heterocycles. The summed E-state index contributed by atoms with van der Waals surface area (Å²) < 4.78 is 14.0. The monoisotopic (exact) mass is 385 g/mol. The van der Waals surface area contributed by atoms with Gasteiger partial charge in [0.2, 0.25) is 0 Å². The Morgan fingerprint density at radius 3 is 2.95 bits per heavy atom. The zero-order valence-electron chi connectivity index (χ0n) is 11.8. The fraction of sp³-hybridized carbons (Fsp3) is 0.375. The van der Waals surface area contributed by atoms with Crippen LogP contribution in [0.3, 0.4) is 0 Å². The number of fused-ring (bicyclic) bond motifs is 1. The van der Waals surface area contributed by atoms with E-state index in [1.54, 1.807) is 4.88 Å². The Morgan fingerprint density at radius 2 is 2.24 bits per heavy atom. The molecule has 1 aromatic carbocycles. The predicted octanol–water partition coefficient (Wildman–Crippen LogP) is 4.94. The van der Waals surface area contributed by atoms with Gasteiger partial charge in [-0.25, -0.2) is 4.39 Å². The molecular formula is C16H17BrFNS2. The molecule has 1 N–H and O–H groups in total. The molecule has 0 amide bonds. The van der Waals surface area contributed by atoms with E-state index in [2.05, 4.69) is 27.3 Å². The van der Waals surface area contributed by atoms with Crippen LogP contribution in [0.15, 0.2) is 28.7 Å². The smallest absolute Gasteiger partial charge is 0.124 e. The molecule has 0 saturated carbocycles. The summed E-state index contributed by atoms with van der Waals surface area (Å²) in [6.45, 7) is 0. The molecule has 0 fully saturated rings. The number of hydrogen-bond donors (Lipinski definition) is 1. The van der Waals surface area contributed by atoms with Gasteiger partial charge in [-0.15, -0.1) is 11.3 Å². The highest BCUT2D eigenvalue weighted by Crippen LogP contribution is 2.36. The van der Waals surface area contributed by atoms with E-state index in [1.807, 2.05) is 36.2 Å². The quantitative estimate of drug-likeness (QED) is 0.799. The van der Waals surface area contributed by atoms with Crippen LogP contribution in [0.5, 0.6) is 0 Å². The lowest BCUT2D eigenvalue weighted by Gasteiger charge is -2.15. The standard InChI is InChI=1S/C16H17BrFNS2/c1-19-14(6-10-2-3-12(18)8-13(10)17)16-7-11-9-20-5-4-15(11)21-16/h2-3,7-8,14,19H,4-6,9H2,1H3. The van der Waals surface area contributed by atoms with Crippen LogP contribution < -0.4 is 5.32 Å². The van der Waals surface area contributed by atoms with Crippen molar-refractivity contribution in [3.63, 3.8) is 0 Å². The topological polar surface area (TPSA) is 12.0 Å². The lowest BCUT2D eigenvalue weighted by atomic mass is 10.0. The van der Waals surface area contributed by atoms with Crippen molar-refractivity contribution < 1.29 is 4.39 Å². The van der Waals surface area contributed by atoms with Crippen molar-refractivity contribution in [2.24, 2.45) is 0 Å². The van der Waals surface area contributed by atoms with Gasteiger partial charge in [-0.05, 0) is 55.0 Å². The Morgan fingerprint density at radius 1 is 1.38 bits per heavy atom. The first-order valence-electron chi connectivity index (χ1n) is 6.98. The summed E-state index contributed by atoms with van der Waals surface area (Å²) >= 11 is 7.41. The van der Waals surface area contributed by atoms with Crippen LogP contribution in [0.2, 0.25) is 0 Å². The lowest BCUT2D eigenvalue weighted by molar-refractivity contribution is 0.596. The molecule has 1 aliphatic heterocycles. The second kappa shape index (κ2) is 6.82. The third kappa shape index (κ3) is 3.52. The second-order valence-electron chi connectivity index (χ2n) is 5.18. The van der Waals surface area contributed by atoms with Crippen LogP contribution in [0.4, 0.5) is 4.39 Å². The van der Waals surface area contributed by atoms with Gasteiger partial charge < -0.3 is 5.32 Å². The number of aryl methyl sites for hydroxylation is 1. The van der Waals surface area contributed by atoms with E-state index in [0.29, 0.717) is 0 Å². The summed E-state index contributed by atoms with van der Waals surface area (Å²) in [5, 5.41) is 3.41. The van der Waals surface area contributed by atoms with Crippen molar-refractivity contribution in [1.82, 2.24) is 5.32 Å². The molecule has 0 saturated heterocycles. The zero-order chi connectivity index (χ0) is 14.8. The van der Waals surface area contributed by atoms with Crippen LogP contribution in [-0.4, -0.2) is 12.8 Å². The molecule has 2 heterocycles. The van der Waals surface area contributed by atoms with Crippen molar-refractivity contribution in [3.05, 3.63) is 55.4 Å². The molecule has 21 heavy (non-hydrogen) atoms. The highest BCUT2D eigenvalue weighted by molar-refractivity contribution is 9.10. The highest BCUT2D eigenvalue weighted by Gasteiger charge is 2.19. The number of likely N-dealkylation sites (N-methyl/N-ethyl adjacent to an activating group) is 1. The maximum Gasteiger partial charge on any atom is 0.124 e. The number of rotatable bonds is 4. The lowest BCUT2D eigenvalue weighted by Crippen LogP contribution is -2.18. The Kier molecular flexibility index (Phi) is 5.04. The van der Waals surface area contributed by atoms with E-state index in [4.69, 9.17) is 0 Å². The van der Waals surface area contributed by atoms with Crippen molar-refractivity contribution in [2.45, 2.75) is 24.6 Å². The van der Waals surface area contributed by atoms with Crippen LogP contribution >= 0.6 is 39.0 Å². The summed E-state index contributed by atoms with van der Waals surface area (Å²) in [6, 6.07) is 7.58. The first-order chi connectivity index (χ1) is 10.2. The summed E-state index contributed by atoms with van der Waals surface area (Å²) in [4.78, 5) is 2.93. The number of thiophene rings is 1. The normalized spacial score (nSPS) is 15.8. The number of nitrogens with one attached hydrogen (secondary N) is 1. The van der Waals surface area contributed by atoms with E-state index in [9.17, 15) is 4.39 Å². The summed E-state index contributed by atoms with van der Waals surface area (Å²) in [5.41, 5.74) is 2.64. The Hall–Kier alpha value is -0.360. The third-order valence-electron chi connectivity index (χ3n) is 3.78. The van der Waals surface area contributed by atoms with Crippen molar-refractivity contribution in [1.29, 1.82) is 0 Å². The van der Waals surface area contributed by atoms with Crippen LogP contribution in [0.1, 0.15) is 26.9 Å². The summed E-state index contributed by atoms with van der Waals surface area (Å²) in [5.74, 6) is 2.18. The van der Waals surface area contributed by atoms with Gasteiger partial charge in [0.05, 0.1) is 0 Å². The molecule has 1 unspecified atom stereocenters. The Labute approximate surface area is 141 Å². The number of hydrogen-bond acceptors (Lipinski definition) is 3. The predicted molar refractivity (Wildman–Crippen MR) is 93.8 cm³/mol. The molecular weight excluding hydrogens is 369 g/mol. The Bertz CT molecular complexity index is 618. The molecule has 112 valence electrons. The number of benzene rings is 1. The summed E-state index contributed by atoms with van der Waals surface area (Å²) in [6.07, 6.45) is 2.06. The van der Waals surface area contributed by atoms with Crippen molar-refractivity contribution in [3.8, 4) is 0 Å². The molecule has 0 spiro atoms. The molecule has 0 radical (unpaired) electrons. The molecule has 2 aromatic rings. The second-order valence-corrected chi connectivity index (χ2v) is 8.31. The fourth-order valence-corrected chi connectivity index (χ4v) is 5.59. The van der Waals surface area contributed by atoms with Gasteiger partial charge in [0.15, 0.2) is 0 Å². The minimum Gasteiger partial charge on any atom is -0.312 e. The van der Waals surface area contributed by atoms with Gasteiger partial charge in [0.1, 0.15) is 5.82 Å². The number of halogens is 2. The van der Waals surface area contributed by atoms with E-state index in [0.717, 1.165) is 22.2 Å². The number of thioether (sulfide) groups is 1. The minimum absolute atomic E-state index is 0.199. The largest absolute Gasteiger partial charge is 0.312 e. The first-order valence-corrected chi connectivity index (χ1v) is 9.74. The van der Waals surface area contributed by atoms with Gasteiger partial charge in [0.25, 0.3) is 0 Å². The van der Waals surface area contributed by atoms with Crippen LogP contribution in [-0.2, 0) is 18.6 Å². The van der Waals surface area contributed by atoms with E-state index < -0.39 is 0 Å². The first kappa shape index (κ1) is 15.5.